The maximum atomic E-state index is 12.4. The number of carbonyl (C=O) groups excluding carboxylic acids is 1. The third kappa shape index (κ3) is 3.44. The van der Waals surface area contributed by atoms with Gasteiger partial charge in [-0.3, -0.25) is 4.79 Å². The number of Topliss-reactive ketones (excluding diaryl/α,β-unsaturated/α-hetero) is 1. The van der Waals surface area contributed by atoms with E-state index in [9.17, 15) is 10.1 Å². The van der Waals surface area contributed by atoms with Gasteiger partial charge in [-0.15, -0.1) is 0 Å². The lowest BCUT2D eigenvalue weighted by Crippen LogP contribution is -2.31. The van der Waals surface area contributed by atoms with Gasteiger partial charge in [-0.05, 0) is 43.6 Å². The van der Waals surface area contributed by atoms with Crippen molar-refractivity contribution in [2.45, 2.75) is 64.5 Å². The highest BCUT2D eigenvalue weighted by atomic mass is 16.5. The Morgan fingerprint density at radius 1 is 1.29 bits per heavy atom. The lowest BCUT2D eigenvalue weighted by molar-refractivity contribution is 0.0681. The van der Waals surface area contributed by atoms with E-state index in [4.69, 9.17) is 4.74 Å². The second kappa shape index (κ2) is 6.52. The van der Waals surface area contributed by atoms with E-state index in [1.807, 2.05) is 0 Å². The molecular formula is C19H25N3O2. The number of hydrogen-bond donors (Lipinski definition) is 1. The first kappa shape index (κ1) is 16.9. The van der Waals surface area contributed by atoms with Gasteiger partial charge in [0.25, 0.3) is 0 Å². The van der Waals surface area contributed by atoms with Crippen molar-refractivity contribution in [2.24, 2.45) is 5.41 Å². The maximum Gasteiger partial charge on any atom is 0.165 e. The fourth-order valence-corrected chi connectivity index (χ4v) is 3.80. The van der Waals surface area contributed by atoms with Crippen LogP contribution < -0.4 is 5.32 Å². The number of pyridine rings is 1. The average Bonchev–Trinajstić information content (AvgIpc) is 2.54. The van der Waals surface area contributed by atoms with Crippen molar-refractivity contribution >= 4 is 11.6 Å². The number of nitrogens with zero attached hydrogens (tertiary/aromatic N) is 2. The predicted molar refractivity (Wildman–Crippen MR) is 92.1 cm³/mol. The molecule has 0 radical (unpaired) electrons. The van der Waals surface area contributed by atoms with Crippen molar-refractivity contribution in [2.75, 3.05) is 12.4 Å². The van der Waals surface area contributed by atoms with Gasteiger partial charge >= 0.3 is 0 Å². The first-order valence-electron chi connectivity index (χ1n) is 8.68. The van der Waals surface area contributed by atoms with Crippen LogP contribution in [-0.2, 0) is 11.2 Å². The minimum Gasteiger partial charge on any atom is -0.381 e. The molecule has 1 aromatic heterocycles. The van der Waals surface area contributed by atoms with Gasteiger partial charge in [-0.25, -0.2) is 4.98 Å². The van der Waals surface area contributed by atoms with Crippen molar-refractivity contribution in [1.29, 1.82) is 5.26 Å². The number of ketones is 1. The molecule has 0 amide bonds. The van der Waals surface area contributed by atoms with Crippen molar-refractivity contribution in [3.05, 3.63) is 22.9 Å². The number of ether oxygens (including phenoxy) is 1. The second-order valence-electron chi connectivity index (χ2n) is 7.79. The molecule has 1 fully saturated rings. The number of rotatable bonds is 3. The summed E-state index contributed by atoms with van der Waals surface area (Å²) < 4.78 is 5.41. The first-order valence-corrected chi connectivity index (χ1v) is 8.68. The number of carbonyl (C=O) groups is 1. The smallest absolute Gasteiger partial charge is 0.165 e. The highest BCUT2D eigenvalue weighted by molar-refractivity contribution is 5.99. The molecule has 1 heterocycles. The standard InChI is InChI=1S/C19H25N3O2/c1-19(2)9-16-15(17(23)10-19)8-12(11-20)18(22-16)21-13-4-6-14(24-3)7-5-13/h8,13-14H,4-7,9-10H2,1-3H3,(H,21,22). The van der Waals surface area contributed by atoms with E-state index >= 15 is 0 Å². The van der Waals surface area contributed by atoms with Crippen LogP contribution in [0.1, 0.15) is 67.6 Å². The van der Waals surface area contributed by atoms with Crippen LogP contribution in [0.2, 0.25) is 0 Å². The number of nitrogens with one attached hydrogen (secondary N) is 1. The number of methoxy groups -OCH3 is 1. The summed E-state index contributed by atoms with van der Waals surface area (Å²) in [4.78, 5) is 17.0. The Kier molecular flexibility index (Phi) is 4.60. The van der Waals surface area contributed by atoms with Gasteiger partial charge in [-0.1, -0.05) is 13.8 Å². The third-order valence-corrected chi connectivity index (χ3v) is 5.16. The van der Waals surface area contributed by atoms with Crippen LogP contribution in [-0.4, -0.2) is 30.0 Å². The molecular weight excluding hydrogens is 302 g/mol. The van der Waals surface area contributed by atoms with E-state index in [0.29, 0.717) is 35.5 Å². The van der Waals surface area contributed by atoms with Gasteiger partial charge in [0, 0.05) is 25.1 Å². The van der Waals surface area contributed by atoms with Crippen molar-refractivity contribution in [3.8, 4) is 6.07 Å². The number of aromatic nitrogens is 1. The van der Waals surface area contributed by atoms with Crippen LogP contribution >= 0.6 is 0 Å². The molecule has 24 heavy (non-hydrogen) atoms. The van der Waals surface area contributed by atoms with Crippen LogP contribution in [0.4, 0.5) is 5.82 Å². The number of anilines is 1. The SMILES string of the molecule is COC1CCC(Nc2nc3c(cc2C#N)C(=O)CC(C)(C)C3)CC1. The number of nitriles is 1. The topological polar surface area (TPSA) is 75.0 Å². The number of fused-ring (bicyclic) bond motifs is 1. The molecule has 0 bridgehead atoms. The molecule has 0 unspecified atom stereocenters. The molecule has 0 aromatic carbocycles. The lowest BCUT2D eigenvalue weighted by atomic mass is 9.75. The van der Waals surface area contributed by atoms with E-state index in [1.165, 1.54) is 0 Å². The maximum absolute atomic E-state index is 12.4. The van der Waals surface area contributed by atoms with E-state index in [2.05, 4.69) is 30.2 Å². The van der Waals surface area contributed by atoms with E-state index in [0.717, 1.165) is 37.8 Å². The van der Waals surface area contributed by atoms with Gasteiger partial charge < -0.3 is 10.1 Å². The molecule has 2 aliphatic carbocycles. The highest BCUT2D eigenvalue weighted by Gasteiger charge is 2.33. The van der Waals surface area contributed by atoms with Gasteiger partial charge in [0.05, 0.1) is 17.4 Å². The molecule has 3 rings (SSSR count). The highest BCUT2D eigenvalue weighted by Crippen LogP contribution is 2.35. The van der Waals surface area contributed by atoms with Crippen molar-refractivity contribution < 1.29 is 9.53 Å². The average molecular weight is 327 g/mol. The Morgan fingerprint density at radius 2 is 2.00 bits per heavy atom. The van der Waals surface area contributed by atoms with E-state index in [-0.39, 0.29) is 11.2 Å². The van der Waals surface area contributed by atoms with Crippen LogP contribution in [0.25, 0.3) is 0 Å². The molecule has 1 aromatic rings. The van der Waals surface area contributed by atoms with Crippen LogP contribution in [0.3, 0.4) is 0 Å². The fraction of sp³-hybridized carbons (Fsp3) is 0.632. The molecule has 5 nitrogen and oxygen atoms in total. The summed E-state index contributed by atoms with van der Waals surface area (Å²) in [5.41, 5.74) is 1.84. The summed E-state index contributed by atoms with van der Waals surface area (Å²) in [6.45, 7) is 4.18. The Bertz CT molecular complexity index is 683. The summed E-state index contributed by atoms with van der Waals surface area (Å²) >= 11 is 0. The third-order valence-electron chi connectivity index (χ3n) is 5.16. The van der Waals surface area contributed by atoms with Gasteiger partial charge in [0.15, 0.2) is 5.78 Å². The summed E-state index contributed by atoms with van der Waals surface area (Å²) in [6.07, 6.45) is 5.68. The Balaban J connectivity index is 1.84. The zero-order chi connectivity index (χ0) is 17.3. The molecule has 0 saturated heterocycles. The Hall–Kier alpha value is -1.93. The lowest BCUT2D eigenvalue weighted by Gasteiger charge is -2.31. The van der Waals surface area contributed by atoms with E-state index < -0.39 is 0 Å². The van der Waals surface area contributed by atoms with Crippen molar-refractivity contribution in [3.63, 3.8) is 0 Å². The zero-order valence-electron chi connectivity index (χ0n) is 14.7. The monoisotopic (exact) mass is 327 g/mol. The first-order chi connectivity index (χ1) is 11.4. The van der Waals surface area contributed by atoms with Crippen LogP contribution in [0.5, 0.6) is 0 Å². The molecule has 1 saturated carbocycles. The molecule has 1 N–H and O–H groups in total. The normalized spacial score (nSPS) is 25.7. The predicted octanol–water partition coefficient (Wildman–Crippen LogP) is 3.48. The van der Waals surface area contributed by atoms with Crippen LogP contribution in [0.15, 0.2) is 6.07 Å². The molecule has 0 spiro atoms. The van der Waals surface area contributed by atoms with Gasteiger partial charge in [-0.2, -0.15) is 5.26 Å². The van der Waals surface area contributed by atoms with Crippen LogP contribution in [0, 0.1) is 16.7 Å². The molecule has 0 atom stereocenters. The molecule has 128 valence electrons. The Morgan fingerprint density at radius 3 is 2.62 bits per heavy atom. The van der Waals surface area contributed by atoms with Crippen molar-refractivity contribution in [1.82, 2.24) is 4.98 Å². The quantitative estimate of drug-likeness (QED) is 0.920. The van der Waals surface area contributed by atoms with E-state index in [1.54, 1.807) is 13.2 Å². The largest absolute Gasteiger partial charge is 0.381 e. The molecule has 2 aliphatic rings. The summed E-state index contributed by atoms with van der Waals surface area (Å²) in [6, 6.07) is 4.23. The summed E-state index contributed by atoms with van der Waals surface area (Å²) in [7, 11) is 1.76. The zero-order valence-corrected chi connectivity index (χ0v) is 14.7. The minimum absolute atomic E-state index is 0.0704. The molecule has 0 aliphatic heterocycles. The fourth-order valence-electron chi connectivity index (χ4n) is 3.80. The summed E-state index contributed by atoms with van der Waals surface area (Å²) in [5, 5.41) is 12.9. The number of hydrogen-bond acceptors (Lipinski definition) is 5. The Labute approximate surface area is 143 Å². The van der Waals surface area contributed by atoms with Gasteiger partial charge in [0.2, 0.25) is 0 Å². The van der Waals surface area contributed by atoms with Gasteiger partial charge in [0.1, 0.15) is 11.9 Å². The second-order valence-corrected chi connectivity index (χ2v) is 7.79. The minimum atomic E-state index is -0.0704. The molecule has 5 heteroatoms. The summed E-state index contributed by atoms with van der Waals surface area (Å²) in [5.74, 6) is 0.722.